The molecule has 0 aromatic rings. The third-order valence-electron chi connectivity index (χ3n) is 2.27. The van der Waals surface area contributed by atoms with Crippen molar-refractivity contribution in [1.29, 1.82) is 0 Å². The zero-order valence-electron chi connectivity index (χ0n) is 8.03. The summed E-state index contributed by atoms with van der Waals surface area (Å²) in [7, 11) is 0. The Kier molecular flexibility index (Phi) is 4.33. The monoisotopic (exact) mass is 168 g/mol. The second-order valence-corrected chi connectivity index (χ2v) is 3.72. The molecule has 2 nitrogen and oxygen atoms in total. The highest BCUT2D eigenvalue weighted by Crippen LogP contribution is 2.04. The fourth-order valence-corrected chi connectivity index (χ4v) is 1.54. The minimum Gasteiger partial charge on any atom is -0.317 e. The van der Waals surface area contributed by atoms with E-state index in [-0.39, 0.29) is 0 Å². The zero-order chi connectivity index (χ0) is 8.81. The summed E-state index contributed by atoms with van der Waals surface area (Å²) in [5.74, 6) is 0. The fourth-order valence-electron chi connectivity index (χ4n) is 1.54. The second kappa shape index (κ2) is 5.33. The first-order valence-electron chi connectivity index (χ1n) is 4.87. The predicted octanol–water partition coefficient (Wildman–Crippen LogP) is 1.29. The van der Waals surface area contributed by atoms with Gasteiger partial charge in [0.25, 0.3) is 0 Å². The molecule has 0 aliphatic carbocycles. The van der Waals surface area contributed by atoms with E-state index in [4.69, 9.17) is 0 Å². The molecule has 0 aromatic carbocycles. The van der Waals surface area contributed by atoms with Gasteiger partial charge in [-0.3, -0.25) is 0 Å². The van der Waals surface area contributed by atoms with Gasteiger partial charge in [-0.25, -0.2) is 0 Å². The van der Waals surface area contributed by atoms with E-state index in [9.17, 15) is 0 Å². The van der Waals surface area contributed by atoms with Crippen LogP contribution in [0, 0.1) is 0 Å². The van der Waals surface area contributed by atoms with Gasteiger partial charge in [0.15, 0.2) is 0 Å². The maximum atomic E-state index is 3.88. The number of hydrogen-bond donors (Lipinski definition) is 2. The van der Waals surface area contributed by atoms with E-state index in [1.807, 2.05) is 0 Å². The van der Waals surface area contributed by atoms with E-state index in [0.29, 0.717) is 6.04 Å². The van der Waals surface area contributed by atoms with Crippen molar-refractivity contribution < 1.29 is 0 Å². The van der Waals surface area contributed by atoms with Crippen LogP contribution in [0.5, 0.6) is 0 Å². The van der Waals surface area contributed by atoms with E-state index < -0.39 is 0 Å². The average Bonchev–Trinajstić information content (AvgIpc) is 2.28. The van der Waals surface area contributed by atoms with Crippen molar-refractivity contribution in [3.63, 3.8) is 0 Å². The molecule has 0 bridgehead atoms. The molecule has 70 valence electrons. The number of hydrogen-bond acceptors (Lipinski definition) is 2. The Bertz CT molecular complexity index is 135. The van der Waals surface area contributed by atoms with Crippen molar-refractivity contribution in [2.45, 2.75) is 32.2 Å². The summed E-state index contributed by atoms with van der Waals surface area (Å²) in [5.41, 5.74) is 1.23. The highest BCUT2D eigenvalue weighted by molar-refractivity contribution is 4.92. The van der Waals surface area contributed by atoms with E-state index in [0.717, 1.165) is 13.1 Å². The molecule has 2 N–H and O–H groups in total. The Hall–Kier alpha value is -0.340. The quantitative estimate of drug-likeness (QED) is 0.621. The summed E-state index contributed by atoms with van der Waals surface area (Å²) in [4.78, 5) is 0. The molecule has 1 heterocycles. The van der Waals surface area contributed by atoms with E-state index >= 15 is 0 Å². The lowest BCUT2D eigenvalue weighted by Crippen LogP contribution is -2.31. The summed E-state index contributed by atoms with van der Waals surface area (Å²) in [5, 5.41) is 6.92. The summed E-state index contributed by atoms with van der Waals surface area (Å²) in [6.07, 6.45) is 3.86. The highest BCUT2D eigenvalue weighted by atomic mass is 14.9. The molecular weight excluding hydrogens is 148 g/mol. The molecule has 0 amide bonds. The van der Waals surface area contributed by atoms with Gasteiger partial charge in [-0.1, -0.05) is 12.2 Å². The Balaban J connectivity index is 2.16. The van der Waals surface area contributed by atoms with Crippen LogP contribution in [-0.2, 0) is 0 Å². The third kappa shape index (κ3) is 3.88. The molecule has 0 spiro atoms. The van der Waals surface area contributed by atoms with Gasteiger partial charge in [0.1, 0.15) is 0 Å². The van der Waals surface area contributed by atoms with E-state index in [2.05, 4.69) is 24.1 Å². The van der Waals surface area contributed by atoms with Gasteiger partial charge in [0, 0.05) is 12.6 Å². The topological polar surface area (TPSA) is 24.1 Å². The molecule has 1 atom stereocenters. The standard InChI is InChI=1S/C10H20N2/c1-9(2)8-12-10-4-3-6-11-7-5-10/h10-12H,1,3-8H2,2H3. The van der Waals surface area contributed by atoms with Crippen molar-refractivity contribution in [3.05, 3.63) is 12.2 Å². The van der Waals surface area contributed by atoms with Crippen LogP contribution in [0.1, 0.15) is 26.2 Å². The first-order chi connectivity index (χ1) is 5.79. The second-order valence-electron chi connectivity index (χ2n) is 3.72. The molecule has 1 saturated heterocycles. The van der Waals surface area contributed by atoms with Crippen LogP contribution >= 0.6 is 0 Å². The maximum Gasteiger partial charge on any atom is 0.0161 e. The Morgan fingerprint density at radius 2 is 2.33 bits per heavy atom. The van der Waals surface area contributed by atoms with Crippen LogP contribution in [-0.4, -0.2) is 25.7 Å². The van der Waals surface area contributed by atoms with Crippen molar-refractivity contribution >= 4 is 0 Å². The number of rotatable bonds is 3. The van der Waals surface area contributed by atoms with Crippen molar-refractivity contribution in [2.75, 3.05) is 19.6 Å². The molecule has 12 heavy (non-hydrogen) atoms. The third-order valence-corrected chi connectivity index (χ3v) is 2.27. The smallest absolute Gasteiger partial charge is 0.0161 e. The van der Waals surface area contributed by atoms with Gasteiger partial charge in [0.05, 0.1) is 0 Å². The van der Waals surface area contributed by atoms with Gasteiger partial charge in [-0.15, -0.1) is 0 Å². The normalized spacial score (nSPS) is 24.9. The minimum absolute atomic E-state index is 0.705. The molecule has 0 radical (unpaired) electrons. The van der Waals surface area contributed by atoms with Gasteiger partial charge in [-0.2, -0.15) is 0 Å². The molecular formula is C10H20N2. The van der Waals surface area contributed by atoms with Crippen LogP contribution in [0.25, 0.3) is 0 Å². The van der Waals surface area contributed by atoms with E-state index in [1.165, 1.54) is 31.4 Å². The van der Waals surface area contributed by atoms with Crippen LogP contribution in [0.4, 0.5) is 0 Å². The zero-order valence-corrected chi connectivity index (χ0v) is 8.03. The Morgan fingerprint density at radius 1 is 1.50 bits per heavy atom. The van der Waals surface area contributed by atoms with Crippen LogP contribution in [0.3, 0.4) is 0 Å². The molecule has 1 unspecified atom stereocenters. The molecule has 1 aliphatic rings. The minimum atomic E-state index is 0.705. The lowest BCUT2D eigenvalue weighted by molar-refractivity contribution is 0.488. The van der Waals surface area contributed by atoms with Gasteiger partial charge in [-0.05, 0) is 39.3 Å². The molecule has 1 fully saturated rings. The molecule has 1 aliphatic heterocycles. The first kappa shape index (κ1) is 9.75. The van der Waals surface area contributed by atoms with Crippen molar-refractivity contribution in [3.8, 4) is 0 Å². The summed E-state index contributed by atoms with van der Waals surface area (Å²) in [6.45, 7) is 9.28. The number of nitrogens with one attached hydrogen (secondary N) is 2. The first-order valence-corrected chi connectivity index (χ1v) is 4.87. The largest absolute Gasteiger partial charge is 0.317 e. The SMILES string of the molecule is C=C(C)CNC1CCCNCC1. The average molecular weight is 168 g/mol. The summed E-state index contributed by atoms with van der Waals surface area (Å²) in [6, 6.07) is 0.705. The molecule has 0 saturated carbocycles. The summed E-state index contributed by atoms with van der Waals surface area (Å²) >= 11 is 0. The van der Waals surface area contributed by atoms with Crippen LogP contribution in [0.15, 0.2) is 12.2 Å². The van der Waals surface area contributed by atoms with Gasteiger partial charge in [0.2, 0.25) is 0 Å². The summed E-state index contributed by atoms with van der Waals surface area (Å²) < 4.78 is 0. The van der Waals surface area contributed by atoms with E-state index in [1.54, 1.807) is 0 Å². The lowest BCUT2D eigenvalue weighted by Gasteiger charge is -2.15. The van der Waals surface area contributed by atoms with Crippen molar-refractivity contribution in [1.82, 2.24) is 10.6 Å². The van der Waals surface area contributed by atoms with Crippen LogP contribution in [0.2, 0.25) is 0 Å². The maximum absolute atomic E-state index is 3.88. The lowest BCUT2D eigenvalue weighted by atomic mass is 10.1. The predicted molar refractivity (Wildman–Crippen MR) is 53.3 cm³/mol. The fraction of sp³-hybridized carbons (Fsp3) is 0.800. The van der Waals surface area contributed by atoms with Gasteiger partial charge >= 0.3 is 0 Å². The molecule has 2 heteroatoms. The van der Waals surface area contributed by atoms with Gasteiger partial charge < -0.3 is 10.6 Å². The molecule has 0 aromatic heterocycles. The van der Waals surface area contributed by atoms with Crippen LogP contribution < -0.4 is 10.6 Å². The van der Waals surface area contributed by atoms with Crippen molar-refractivity contribution in [2.24, 2.45) is 0 Å². The Labute approximate surface area is 75.4 Å². The Morgan fingerprint density at radius 3 is 3.08 bits per heavy atom. The molecule has 1 rings (SSSR count). The highest BCUT2D eigenvalue weighted by Gasteiger charge is 2.09.